The van der Waals surface area contributed by atoms with Gasteiger partial charge in [-0.1, -0.05) is 12.1 Å². The largest absolute Gasteiger partial charge is 0.294 e. The Kier molecular flexibility index (Phi) is 1.93. The van der Waals surface area contributed by atoms with Crippen LogP contribution >= 0.6 is 12.6 Å². The summed E-state index contributed by atoms with van der Waals surface area (Å²) < 4.78 is 0. The third-order valence-corrected chi connectivity index (χ3v) is 2.63. The van der Waals surface area contributed by atoms with Crippen molar-refractivity contribution in [2.75, 3.05) is 0 Å². The van der Waals surface area contributed by atoms with Crippen molar-refractivity contribution in [3.8, 4) is 0 Å². The van der Waals surface area contributed by atoms with Crippen LogP contribution in [0.5, 0.6) is 0 Å². The van der Waals surface area contributed by atoms with Crippen LogP contribution in [0.2, 0.25) is 0 Å². The predicted octanol–water partition coefficient (Wildman–Crippen LogP) is 2.49. The second-order valence-corrected chi connectivity index (χ2v) is 3.57. The Morgan fingerprint density at radius 1 is 1.25 bits per heavy atom. The van der Waals surface area contributed by atoms with Gasteiger partial charge in [-0.15, -0.1) is 12.6 Å². The molecule has 2 rings (SSSR count). The molecule has 1 aromatic rings. The summed E-state index contributed by atoms with van der Waals surface area (Å²) in [6.45, 7) is 0. The van der Waals surface area contributed by atoms with Crippen molar-refractivity contribution in [1.82, 2.24) is 0 Å². The third-order valence-electron chi connectivity index (χ3n) is 2.26. The van der Waals surface area contributed by atoms with Crippen molar-refractivity contribution in [2.45, 2.75) is 24.2 Å². The predicted molar refractivity (Wildman–Crippen MR) is 51.0 cm³/mol. The van der Waals surface area contributed by atoms with E-state index >= 15 is 0 Å². The lowest BCUT2D eigenvalue weighted by molar-refractivity contribution is 0.0969. The fourth-order valence-corrected chi connectivity index (χ4v) is 2.04. The van der Waals surface area contributed by atoms with Gasteiger partial charge in [0.25, 0.3) is 0 Å². The van der Waals surface area contributed by atoms with E-state index in [1.165, 1.54) is 5.56 Å². The van der Waals surface area contributed by atoms with E-state index in [1.54, 1.807) is 0 Å². The zero-order chi connectivity index (χ0) is 8.55. The summed E-state index contributed by atoms with van der Waals surface area (Å²) in [5.41, 5.74) is 2.02. The normalized spacial score (nSPS) is 15.9. The highest BCUT2D eigenvalue weighted by atomic mass is 32.1. The van der Waals surface area contributed by atoms with Crippen molar-refractivity contribution in [3.05, 3.63) is 29.3 Å². The van der Waals surface area contributed by atoms with E-state index in [-0.39, 0.29) is 5.78 Å². The summed E-state index contributed by atoms with van der Waals surface area (Å²) in [5.74, 6) is 0.252. The Labute approximate surface area is 77.2 Å². The van der Waals surface area contributed by atoms with Crippen molar-refractivity contribution >= 4 is 18.4 Å². The molecule has 0 saturated carbocycles. The summed E-state index contributed by atoms with van der Waals surface area (Å²) in [6.07, 6.45) is 2.70. The first kappa shape index (κ1) is 7.87. The molecule has 0 radical (unpaired) electrons. The molecule has 0 aromatic heterocycles. The number of Topliss-reactive ketones (excluding diaryl/α,β-unsaturated/α-hetero) is 1. The van der Waals surface area contributed by atoms with E-state index in [1.807, 2.05) is 18.2 Å². The number of ketones is 1. The second-order valence-electron chi connectivity index (χ2n) is 3.09. The molecule has 0 bridgehead atoms. The van der Waals surface area contributed by atoms with Gasteiger partial charge in [-0.3, -0.25) is 4.79 Å². The van der Waals surface area contributed by atoms with Crippen LogP contribution in [-0.2, 0) is 6.42 Å². The van der Waals surface area contributed by atoms with Gasteiger partial charge in [0.15, 0.2) is 5.78 Å². The molecule has 12 heavy (non-hydrogen) atoms. The SMILES string of the molecule is O=C1CCCc2cccc(S)c21. The van der Waals surface area contributed by atoms with Gasteiger partial charge in [-0.2, -0.15) is 0 Å². The summed E-state index contributed by atoms with van der Waals surface area (Å²) in [7, 11) is 0. The van der Waals surface area contributed by atoms with E-state index in [0.29, 0.717) is 6.42 Å². The minimum absolute atomic E-state index is 0.252. The fourth-order valence-electron chi connectivity index (χ4n) is 1.68. The Morgan fingerprint density at radius 2 is 2.08 bits per heavy atom. The van der Waals surface area contributed by atoms with E-state index in [0.717, 1.165) is 23.3 Å². The highest BCUT2D eigenvalue weighted by Crippen LogP contribution is 2.26. The standard InChI is InChI=1S/C10H10OS/c11-8-5-1-3-7-4-2-6-9(12)10(7)8/h2,4,6,12H,1,3,5H2. The smallest absolute Gasteiger partial charge is 0.164 e. The number of benzene rings is 1. The first-order valence-electron chi connectivity index (χ1n) is 4.13. The lowest BCUT2D eigenvalue weighted by Crippen LogP contribution is -2.11. The highest BCUT2D eigenvalue weighted by Gasteiger charge is 2.18. The summed E-state index contributed by atoms with van der Waals surface area (Å²) in [5, 5.41) is 0. The van der Waals surface area contributed by atoms with E-state index in [2.05, 4.69) is 12.6 Å². The van der Waals surface area contributed by atoms with Crippen molar-refractivity contribution in [3.63, 3.8) is 0 Å². The van der Waals surface area contributed by atoms with Gasteiger partial charge >= 0.3 is 0 Å². The minimum Gasteiger partial charge on any atom is -0.294 e. The molecule has 0 saturated heterocycles. The summed E-state index contributed by atoms with van der Waals surface area (Å²) in [6, 6.07) is 5.86. The van der Waals surface area contributed by atoms with E-state index in [9.17, 15) is 4.79 Å². The van der Waals surface area contributed by atoms with Crippen LogP contribution in [0.15, 0.2) is 23.1 Å². The maximum absolute atomic E-state index is 11.5. The molecular formula is C10H10OS. The minimum atomic E-state index is 0.252. The number of carbonyl (C=O) groups is 1. The third kappa shape index (κ3) is 1.16. The zero-order valence-electron chi connectivity index (χ0n) is 6.71. The molecule has 0 unspecified atom stereocenters. The van der Waals surface area contributed by atoms with Gasteiger partial charge in [0.1, 0.15) is 0 Å². The molecule has 1 aromatic carbocycles. The van der Waals surface area contributed by atoms with Gasteiger partial charge < -0.3 is 0 Å². The van der Waals surface area contributed by atoms with Crippen LogP contribution in [0, 0.1) is 0 Å². The molecule has 1 aliphatic carbocycles. The van der Waals surface area contributed by atoms with Crippen LogP contribution in [0.25, 0.3) is 0 Å². The van der Waals surface area contributed by atoms with Gasteiger partial charge in [0, 0.05) is 16.9 Å². The molecule has 2 heteroatoms. The highest BCUT2D eigenvalue weighted by molar-refractivity contribution is 7.80. The second kappa shape index (κ2) is 2.94. The number of carbonyl (C=O) groups excluding carboxylic acids is 1. The Balaban J connectivity index is 2.60. The van der Waals surface area contributed by atoms with Gasteiger partial charge in [0.2, 0.25) is 0 Å². The Hall–Kier alpha value is -0.760. The Bertz CT molecular complexity index is 331. The van der Waals surface area contributed by atoms with Gasteiger partial charge in [0.05, 0.1) is 0 Å². The molecule has 0 heterocycles. The average Bonchev–Trinajstić information content (AvgIpc) is 2.04. The first-order valence-corrected chi connectivity index (χ1v) is 4.58. The molecule has 0 fully saturated rings. The maximum Gasteiger partial charge on any atom is 0.164 e. The lowest BCUT2D eigenvalue weighted by atomic mass is 9.91. The number of thiol groups is 1. The van der Waals surface area contributed by atoms with Crippen molar-refractivity contribution in [2.24, 2.45) is 0 Å². The first-order chi connectivity index (χ1) is 5.79. The number of aryl methyl sites for hydroxylation is 1. The maximum atomic E-state index is 11.5. The fraction of sp³-hybridized carbons (Fsp3) is 0.300. The Morgan fingerprint density at radius 3 is 2.83 bits per heavy atom. The lowest BCUT2D eigenvalue weighted by Gasteiger charge is -2.15. The zero-order valence-corrected chi connectivity index (χ0v) is 7.60. The van der Waals surface area contributed by atoms with Crippen molar-refractivity contribution in [1.29, 1.82) is 0 Å². The van der Waals surface area contributed by atoms with Crippen LogP contribution in [-0.4, -0.2) is 5.78 Å². The van der Waals surface area contributed by atoms with Crippen molar-refractivity contribution < 1.29 is 4.79 Å². The molecule has 1 nitrogen and oxygen atoms in total. The van der Waals surface area contributed by atoms with Gasteiger partial charge in [-0.25, -0.2) is 0 Å². The molecule has 0 atom stereocenters. The summed E-state index contributed by atoms with van der Waals surface area (Å²) in [4.78, 5) is 12.3. The van der Waals surface area contributed by atoms with Gasteiger partial charge in [-0.05, 0) is 24.5 Å². The van der Waals surface area contributed by atoms with Crippen LogP contribution in [0.4, 0.5) is 0 Å². The summed E-state index contributed by atoms with van der Waals surface area (Å²) >= 11 is 4.27. The topological polar surface area (TPSA) is 17.1 Å². The monoisotopic (exact) mass is 178 g/mol. The van der Waals surface area contributed by atoms with E-state index < -0.39 is 0 Å². The molecule has 1 aliphatic rings. The molecule has 62 valence electrons. The van der Waals surface area contributed by atoms with Crippen LogP contribution in [0.3, 0.4) is 0 Å². The van der Waals surface area contributed by atoms with Crippen LogP contribution < -0.4 is 0 Å². The number of rotatable bonds is 0. The van der Waals surface area contributed by atoms with Crippen LogP contribution in [0.1, 0.15) is 28.8 Å². The number of hydrogen-bond acceptors (Lipinski definition) is 2. The molecule has 0 aliphatic heterocycles. The molecular weight excluding hydrogens is 168 g/mol. The number of fused-ring (bicyclic) bond motifs is 1. The average molecular weight is 178 g/mol. The number of hydrogen-bond donors (Lipinski definition) is 1. The quantitative estimate of drug-likeness (QED) is 0.604. The molecule has 0 N–H and O–H groups in total. The molecule has 0 spiro atoms. The van der Waals surface area contributed by atoms with E-state index in [4.69, 9.17) is 0 Å². The molecule has 0 amide bonds.